The van der Waals surface area contributed by atoms with Gasteiger partial charge in [0, 0.05) is 11.1 Å². The van der Waals surface area contributed by atoms with Crippen LogP contribution in [0.3, 0.4) is 0 Å². The zero-order valence-corrected chi connectivity index (χ0v) is 20.1. The molecule has 0 atom stereocenters. The summed E-state index contributed by atoms with van der Waals surface area (Å²) in [6.45, 7) is 0. The summed E-state index contributed by atoms with van der Waals surface area (Å²) in [5.74, 6) is -2.18. The maximum absolute atomic E-state index is 13.5. The number of phenols is 1. The second-order valence-electron chi connectivity index (χ2n) is 8.36. The van der Waals surface area contributed by atoms with Crippen LogP contribution in [-0.4, -0.2) is 40.9 Å². The van der Waals surface area contributed by atoms with Crippen LogP contribution in [0, 0.1) is 0 Å². The van der Waals surface area contributed by atoms with Gasteiger partial charge in [-0.15, -0.1) is 0 Å². The van der Waals surface area contributed by atoms with E-state index < -0.39 is 17.8 Å². The minimum atomic E-state index is -1.08. The van der Waals surface area contributed by atoms with Crippen LogP contribution in [0.25, 0.3) is 11.1 Å². The molecule has 0 bridgehead atoms. The fourth-order valence-electron chi connectivity index (χ4n) is 4.26. The molecule has 4 aromatic rings. The highest BCUT2D eigenvalue weighted by atomic mass is 16.5. The van der Waals surface area contributed by atoms with E-state index in [1.165, 1.54) is 24.1 Å². The molecule has 0 saturated carbocycles. The molecule has 0 unspecified atom stereocenters. The van der Waals surface area contributed by atoms with Gasteiger partial charge in [-0.1, -0.05) is 48.5 Å². The first-order valence-corrected chi connectivity index (χ1v) is 11.5. The lowest BCUT2D eigenvalue weighted by Crippen LogP contribution is -2.26. The standard InChI is InChI=1S/C29H21N3O6/c1-38-29(37)19-9-5-10-20(16-19)32-24-14-3-2-11-22(24)25(27(32)34)31-30-23-13-6-12-21(26(23)33)17-7-4-8-18(15-17)28(35)36/h2-16,30,33H,1H3,(H,35,36)/b31-25-. The van der Waals surface area contributed by atoms with Gasteiger partial charge in [0.2, 0.25) is 0 Å². The zero-order chi connectivity index (χ0) is 26.8. The number of carbonyl (C=O) groups excluding carboxylic acids is 2. The molecule has 0 aromatic heterocycles. The number of aromatic hydroxyl groups is 1. The molecule has 188 valence electrons. The third-order valence-electron chi connectivity index (χ3n) is 6.08. The van der Waals surface area contributed by atoms with E-state index in [1.807, 2.05) is 0 Å². The van der Waals surface area contributed by atoms with Crippen molar-refractivity contribution in [3.05, 3.63) is 108 Å². The Morgan fingerprint density at radius 2 is 1.58 bits per heavy atom. The average Bonchev–Trinajstić information content (AvgIpc) is 3.23. The van der Waals surface area contributed by atoms with Gasteiger partial charge in [-0.25, -0.2) is 9.59 Å². The van der Waals surface area contributed by atoms with E-state index in [2.05, 4.69) is 10.5 Å². The molecule has 1 aliphatic rings. The lowest BCUT2D eigenvalue weighted by atomic mass is 10.0. The van der Waals surface area contributed by atoms with Crippen molar-refractivity contribution < 1.29 is 29.3 Å². The van der Waals surface area contributed by atoms with Crippen LogP contribution in [0.15, 0.2) is 96.1 Å². The second kappa shape index (κ2) is 9.90. The molecular weight excluding hydrogens is 486 g/mol. The number of hydrazone groups is 1. The summed E-state index contributed by atoms with van der Waals surface area (Å²) in [6, 6.07) is 24.8. The lowest BCUT2D eigenvalue weighted by Gasteiger charge is -2.17. The number of amides is 1. The number of benzene rings is 4. The van der Waals surface area contributed by atoms with Crippen molar-refractivity contribution in [1.82, 2.24) is 0 Å². The largest absolute Gasteiger partial charge is 0.505 e. The number of carboxylic acids is 1. The predicted octanol–water partition coefficient (Wildman–Crippen LogP) is 5.04. The third-order valence-corrected chi connectivity index (χ3v) is 6.08. The van der Waals surface area contributed by atoms with E-state index in [0.717, 1.165) is 0 Å². The van der Waals surface area contributed by atoms with E-state index >= 15 is 0 Å². The number of rotatable bonds is 6. The van der Waals surface area contributed by atoms with Crippen LogP contribution in [0.2, 0.25) is 0 Å². The molecule has 4 aromatic carbocycles. The smallest absolute Gasteiger partial charge is 0.337 e. The van der Waals surface area contributed by atoms with E-state index in [0.29, 0.717) is 33.6 Å². The van der Waals surface area contributed by atoms with Gasteiger partial charge in [-0.05, 0) is 48.0 Å². The highest BCUT2D eigenvalue weighted by Crippen LogP contribution is 2.38. The number of nitrogens with one attached hydrogen (secondary N) is 1. The molecule has 5 rings (SSSR count). The SMILES string of the molecule is COC(=O)c1cccc(N2C(=O)/C(=N\Nc3cccc(-c4cccc(C(=O)O)c4)c3O)c3ccccc32)c1. The Labute approximate surface area is 217 Å². The molecule has 1 amide bonds. The number of hydrogen-bond acceptors (Lipinski definition) is 7. The molecule has 1 heterocycles. The Morgan fingerprint density at radius 1 is 0.868 bits per heavy atom. The minimum Gasteiger partial charge on any atom is -0.505 e. The maximum atomic E-state index is 13.5. The van der Waals surface area contributed by atoms with Crippen molar-refractivity contribution in [2.75, 3.05) is 17.4 Å². The Hall–Kier alpha value is -5.44. The molecule has 0 spiro atoms. The molecular formula is C29H21N3O6. The Balaban J connectivity index is 1.50. The van der Waals surface area contributed by atoms with Gasteiger partial charge >= 0.3 is 11.9 Å². The zero-order valence-electron chi connectivity index (χ0n) is 20.1. The van der Waals surface area contributed by atoms with Gasteiger partial charge < -0.3 is 14.9 Å². The van der Waals surface area contributed by atoms with Crippen LogP contribution in [0.4, 0.5) is 17.1 Å². The molecule has 9 nitrogen and oxygen atoms in total. The summed E-state index contributed by atoms with van der Waals surface area (Å²) in [5, 5.41) is 24.6. The van der Waals surface area contributed by atoms with Crippen LogP contribution in [0.1, 0.15) is 26.3 Å². The summed E-state index contributed by atoms with van der Waals surface area (Å²) in [5.41, 5.74) is 6.05. The Kier molecular flexibility index (Phi) is 6.32. The number of esters is 1. The van der Waals surface area contributed by atoms with Crippen LogP contribution < -0.4 is 10.3 Å². The van der Waals surface area contributed by atoms with Crippen molar-refractivity contribution in [2.24, 2.45) is 5.10 Å². The summed E-state index contributed by atoms with van der Waals surface area (Å²) in [6.07, 6.45) is 0. The summed E-state index contributed by atoms with van der Waals surface area (Å²) in [7, 11) is 1.29. The molecule has 0 aliphatic carbocycles. The molecule has 0 radical (unpaired) electrons. The van der Waals surface area contributed by atoms with E-state index in [9.17, 15) is 24.6 Å². The third kappa shape index (κ3) is 4.33. The number of methoxy groups -OCH3 is 1. The number of ether oxygens (including phenoxy) is 1. The number of para-hydroxylation sites is 2. The van der Waals surface area contributed by atoms with Crippen LogP contribution in [-0.2, 0) is 9.53 Å². The average molecular weight is 508 g/mol. The first-order chi connectivity index (χ1) is 18.4. The van der Waals surface area contributed by atoms with E-state index in [4.69, 9.17) is 4.74 Å². The van der Waals surface area contributed by atoms with Gasteiger partial charge in [-0.2, -0.15) is 5.10 Å². The number of fused-ring (bicyclic) bond motifs is 1. The van der Waals surface area contributed by atoms with Gasteiger partial charge in [0.05, 0.1) is 35.3 Å². The van der Waals surface area contributed by atoms with Gasteiger partial charge in [0.1, 0.15) is 5.75 Å². The number of anilines is 3. The molecule has 1 aliphatic heterocycles. The number of carbonyl (C=O) groups is 3. The highest BCUT2D eigenvalue weighted by Gasteiger charge is 2.35. The number of carboxylic acid groups (broad SMARTS) is 1. The molecule has 9 heteroatoms. The Bertz CT molecular complexity index is 1630. The molecule has 0 saturated heterocycles. The van der Waals surface area contributed by atoms with Crippen molar-refractivity contribution >= 4 is 40.6 Å². The first kappa shape index (κ1) is 24.3. The second-order valence-corrected chi connectivity index (χ2v) is 8.36. The Morgan fingerprint density at radius 3 is 2.37 bits per heavy atom. The number of phenolic OH excluding ortho intramolecular Hbond substituents is 1. The van der Waals surface area contributed by atoms with E-state index in [1.54, 1.807) is 78.9 Å². The molecule has 0 fully saturated rings. The normalized spacial score (nSPS) is 13.3. The fraction of sp³-hybridized carbons (Fsp3) is 0.0345. The van der Waals surface area contributed by atoms with Crippen molar-refractivity contribution in [3.63, 3.8) is 0 Å². The molecule has 3 N–H and O–H groups in total. The quantitative estimate of drug-likeness (QED) is 0.189. The van der Waals surface area contributed by atoms with Gasteiger partial charge in [-0.3, -0.25) is 15.1 Å². The molecule has 38 heavy (non-hydrogen) atoms. The maximum Gasteiger partial charge on any atom is 0.337 e. The van der Waals surface area contributed by atoms with Crippen molar-refractivity contribution in [2.45, 2.75) is 0 Å². The highest BCUT2D eigenvalue weighted by molar-refractivity contribution is 6.55. The van der Waals surface area contributed by atoms with Gasteiger partial charge in [0.25, 0.3) is 5.91 Å². The van der Waals surface area contributed by atoms with Crippen molar-refractivity contribution in [3.8, 4) is 16.9 Å². The number of hydrogen-bond donors (Lipinski definition) is 3. The number of nitrogens with zero attached hydrogens (tertiary/aromatic N) is 2. The van der Waals surface area contributed by atoms with Crippen molar-refractivity contribution in [1.29, 1.82) is 0 Å². The summed E-state index contributed by atoms with van der Waals surface area (Å²) in [4.78, 5) is 38.4. The number of aromatic carboxylic acids is 1. The summed E-state index contributed by atoms with van der Waals surface area (Å²) < 4.78 is 4.80. The fourth-order valence-corrected chi connectivity index (χ4v) is 4.26. The van der Waals surface area contributed by atoms with Crippen LogP contribution in [0.5, 0.6) is 5.75 Å². The monoisotopic (exact) mass is 507 g/mol. The van der Waals surface area contributed by atoms with Gasteiger partial charge in [0.15, 0.2) is 5.71 Å². The lowest BCUT2D eigenvalue weighted by molar-refractivity contribution is -0.111. The topological polar surface area (TPSA) is 129 Å². The minimum absolute atomic E-state index is 0.0880. The first-order valence-electron chi connectivity index (χ1n) is 11.5. The van der Waals surface area contributed by atoms with E-state index in [-0.39, 0.29) is 22.7 Å². The van der Waals surface area contributed by atoms with Crippen LogP contribution >= 0.6 is 0 Å². The summed E-state index contributed by atoms with van der Waals surface area (Å²) >= 11 is 0. The predicted molar refractivity (Wildman–Crippen MR) is 142 cm³/mol.